The average Bonchev–Trinajstić information content (AvgIpc) is 3.30. The summed E-state index contributed by atoms with van der Waals surface area (Å²) in [4.78, 5) is 11.8. The lowest BCUT2D eigenvalue weighted by Crippen LogP contribution is -2.33. The Hall–Kier alpha value is -2.59. The topological polar surface area (TPSA) is 125 Å². The lowest BCUT2D eigenvalue weighted by atomic mass is 10.0. The van der Waals surface area contributed by atoms with Crippen LogP contribution in [0.1, 0.15) is 55.8 Å². The molecule has 4 N–H and O–H groups in total. The van der Waals surface area contributed by atoms with E-state index in [0.717, 1.165) is 41.8 Å². The van der Waals surface area contributed by atoms with E-state index in [9.17, 15) is 13.2 Å². The maximum absolute atomic E-state index is 12.0. The van der Waals surface area contributed by atoms with Gasteiger partial charge in [-0.3, -0.25) is 5.10 Å². The van der Waals surface area contributed by atoms with Crippen molar-refractivity contribution in [3.8, 4) is 0 Å². The van der Waals surface area contributed by atoms with Gasteiger partial charge >= 0.3 is 6.09 Å². The summed E-state index contributed by atoms with van der Waals surface area (Å²) in [6.45, 7) is 4.09. The summed E-state index contributed by atoms with van der Waals surface area (Å²) in [5.74, 6) is 0.818. The van der Waals surface area contributed by atoms with Crippen molar-refractivity contribution in [1.29, 1.82) is 0 Å². The Morgan fingerprint density at radius 1 is 1.30 bits per heavy atom. The number of carbonyl (C=O) groups is 1. The number of fused-ring (bicyclic) bond motifs is 1. The van der Waals surface area contributed by atoms with E-state index in [-0.39, 0.29) is 29.9 Å². The van der Waals surface area contributed by atoms with Crippen molar-refractivity contribution in [1.82, 2.24) is 20.2 Å². The first kappa shape index (κ1) is 20.7. The minimum atomic E-state index is -3.31. The third-order valence-electron chi connectivity index (χ3n) is 5.45. The first-order chi connectivity index (χ1) is 14.3. The number of anilines is 2. The quantitative estimate of drug-likeness (QED) is 0.575. The second-order valence-electron chi connectivity index (χ2n) is 8.19. The van der Waals surface area contributed by atoms with Gasteiger partial charge < -0.3 is 15.4 Å². The molecule has 30 heavy (non-hydrogen) atoms. The number of sulfonamides is 1. The number of alkyl carbamates (subject to hydrolysis) is 1. The summed E-state index contributed by atoms with van der Waals surface area (Å²) in [6.07, 6.45) is 1.99. The number of aromatic amines is 1. The Morgan fingerprint density at radius 3 is 2.93 bits per heavy atom. The predicted octanol–water partition coefficient (Wildman–Crippen LogP) is 2.86. The van der Waals surface area contributed by atoms with Gasteiger partial charge in [-0.15, -0.1) is 0 Å². The van der Waals surface area contributed by atoms with Crippen LogP contribution in [0.4, 0.5) is 16.3 Å². The van der Waals surface area contributed by atoms with Gasteiger partial charge in [0.15, 0.2) is 5.82 Å². The number of hydrogen-bond acceptors (Lipinski definition) is 6. The predicted molar refractivity (Wildman–Crippen MR) is 113 cm³/mol. The van der Waals surface area contributed by atoms with E-state index in [4.69, 9.17) is 4.74 Å². The summed E-state index contributed by atoms with van der Waals surface area (Å²) < 4.78 is 32.0. The Kier molecular flexibility index (Phi) is 5.70. The van der Waals surface area contributed by atoms with Crippen LogP contribution in [0.2, 0.25) is 0 Å². The molecule has 2 aromatic rings. The molecular weight excluding hydrogens is 406 g/mol. The number of carbonyl (C=O) groups excluding carboxylic acids is 1. The number of hydrogen-bond donors (Lipinski definition) is 4. The van der Waals surface area contributed by atoms with Crippen LogP contribution in [0, 0.1) is 0 Å². The molecule has 1 aromatic carbocycles. The molecular formula is C20H27N5O4S. The highest BCUT2D eigenvalue weighted by Gasteiger charge is 2.30. The molecule has 1 fully saturated rings. The summed E-state index contributed by atoms with van der Waals surface area (Å²) in [6, 6.07) is 7.67. The van der Waals surface area contributed by atoms with Crippen LogP contribution in [0.3, 0.4) is 0 Å². The second kappa shape index (κ2) is 8.27. The molecule has 1 amide bonds. The maximum Gasteiger partial charge on any atom is 0.407 e. The number of ether oxygens (including phenoxy) is 1. The molecule has 0 unspecified atom stereocenters. The Bertz CT molecular complexity index is 1030. The lowest BCUT2D eigenvalue weighted by molar-refractivity contribution is 0.0981. The fourth-order valence-corrected chi connectivity index (χ4v) is 5.21. The van der Waals surface area contributed by atoms with Gasteiger partial charge in [-0.1, -0.05) is 12.1 Å². The van der Waals surface area contributed by atoms with Crippen LogP contribution in [0.15, 0.2) is 24.3 Å². The van der Waals surface area contributed by atoms with Crippen LogP contribution in [0.5, 0.6) is 0 Å². The highest BCUT2D eigenvalue weighted by molar-refractivity contribution is 7.88. The van der Waals surface area contributed by atoms with Crippen molar-refractivity contribution in [3.05, 3.63) is 41.1 Å². The number of H-pyrrole nitrogens is 1. The zero-order valence-corrected chi connectivity index (χ0v) is 17.9. The number of nitrogens with one attached hydrogen (secondary N) is 4. The molecule has 0 saturated heterocycles. The van der Waals surface area contributed by atoms with Crippen molar-refractivity contribution in [2.45, 2.75) is 63.5 Å². The molecule has 0 spiro atoms. The third kappa shape index (κ3) is 4.76. The first-order valence-corrected chi connectivity index (χ1v) is 11.8. The zero-order valence-electron chi connectivity index (χ0n) is 17.1. The molecule has 162 valence electrons. The van der Waals surface area contributed by atoms with Crippen LogP contribution in [-0.2, 0) is 27.1 Å². The SMILES string of the molecule is CC(C)NC(=O)O[C@@H]1CC[C@H](c2cc(Nc3cccc4c3CS(=O)(=O)NC4)n[nH]2)C1. The maximum atomic E-state index is 12.0. The van der Waals surface area contributed by atoms with Gasteiger partial charge in [0.2, 0.25) is 10.0 Å². The van der Waals surface area contributed by atoms with Gasteiger partial charge in [-0.25, -0.2) is 17.9 Å². The Morgan fingerprint density at radius 2 is 2.13 bits per heavy atom. The smallest absolute Gasteiger partial charge is 0.407 e. The zero-order chi connectivity index (χ0) is 21.3. The summed E-state index contributed by atoms with van der Waals surface area (Å²) >= 11 is 0. The van der Waals surface area contributed by atoms with Crippen LogP contribution in [-0.4, -0.2) is 36.9 Å². The number of rotatable bonds is 5. The summed E-state index contributed by atoms with van der Waals surface area (Å²) in [7, 11) is -3.31. The van der Waals surface area contributed by atoms with E-state index >= 15 is 0 Å². The van der Waals surface area contributed by atoms with Crippen molar-refractivity contribution >= 4 is 27.6 Å². The molecule has 10 heteroatoms. The van der Waals surface area contributed by atoms with Crippen molar-refractivity contribution in [2.24, 2.45) is 0 Å². The highest BCUT2D eigenvalue weighted by Crippen LogP contribution is 2.36. The van der Waals surface area contributed by atoms with Gasteiger partial charge in [0.1, 0.15) is 6.10 Å². The third-order valence-corrected chi connectivity index (χ3v) is 6.71. The Labute approximate surface area is 176 Å². The molecule has 1 aliphatic carbocycles. The number of benzene rings is 1. The molecule has 0 bridgehead atoms. The first-order valence-electron chi connectivity index (χ1n) is 10.2. The van der Waals surface area contributed by atoms with E-state index in [1.807, 2.05) is 38.1 Å². The van der Waals surface area contributed by atoms with E-state index < -0.39 is 10.0 Å². The van der Waals surface area contributed by atoms with E-state index in [0.29, 0.717) is 12.4 Å². The average molecular weight is 434 g/mol. The largest absolute Gasteiger partial charge is 0.446 e. The van der Waals surface area contributed by atoms with Crippen LogP contribution in [0.25, 0.3) is 0 Å². The molecule has 0 radical (unpaired) electrons. The number of nitrogens with zero attached hydrogens (tertiary/aromatic N) is 1. The monoisotopic (exact) mass is 433 g/mol. The Balaban J connectivity index is 1.41. The van der Waals surface area contributed by atoms with E-state index in [1.54, 1.807) is 0 Å². The van der Waals surface area contributed by atoms with Gasteiger partial charge in [-0.05, 0) is 50.3 Å². The number of aromatic nitrogens is 2. The van der Waals surface area contributed by atoms with Gasteiger partial charge in [0.05, 0.1) is 5.75 Å². The highest BCUT2D eigenvalue weighted by atomic mass is 32.2. The minimum Gasteiger partial charge on any atom is -0.446 e. The van der Waals surface area contributed by atoms with Crippen LogP contribution >= 0.6 is 0 Å². The van der Waals surface area contributed by atoms with Gasteiger partial charge in [-0.2, -0.15) is 5.10 Å². The minimum absolute atomic E-state index is 0.0467. The second-order valence-corrected chi connectivity index (χ2v) is 10.0. The van der Waals surface area contributed by atoms with Crippen LogP contribution < -0.4 is 15.4 Å². The lowest BCUT2D eigenvalue weighted by Gasteiger charge is -2.20. The van der Waals surface area contributed by atoms with E-state index in [1.165, 1.54) is 0 Å². The molecule has 1 saturated carbocycles. The molecule has 9 nitrogen and oxygen atoms in total. The molecule has 4 rings (SSSR count). The van der Waals surface area contributed by atoms with E-state index in [2.05, 4.69) is 25.6 Å². The van der Waals surface area contributed by atoms with Gasteiger partial charge in [0, 0.05) is 36.0 Å². The summed E-state index contributed by atoms with van der Waals surface area (Å²) in [5.41, 5.74) is 3.45. The molecule has 2 atom stereocenters. The van der Waals surface area contributed by atoms with Gasteiger partial charge in [0.25, 0.3) is 0 Å². The van der Waals surface area contributed by atoms with Crippen molar-refractivity contribution in [2.75, 3.05) is 5.32 Å². The normalized spacial score (nSPS) is 22.5. The fraction of sp³-hybridized carbons (Fsp3) is 0.500. The van der Waals surface area contributed by atoms with Crippen molar-refractivity contribution < 1.29 is 17.9 Å². The van der Waals surface area contributed by atoms with Crippen molar-refractivity contribution in [3.63, 3.8) is 0 Å². The number of amides is 1. The fourth-order valence-electron chi connectivity index (χ4n) is 4.02. The molecule has 2 heterocycles. The summed E-state index contributed by atoms with van der Waals surface area (Å²) in [5, 5.41) is 13.4. The molecule has 1 aliphatic heterocycles. The molecule has 2 aliphatic rings. The standard InChI is InChI=1S/C20H27N5O4S/c1-12(2)22-20(26)29-15-7-6-13(8-15)18-9-19(25-24-18)23-17-5-3-4-14-10-21-30(27,28)11-16(14)17/h3-5,9,12-13,15,21H,6-8,10-11H2,1-2H3,(H,22,26)(H2,23,24,25)/t13-,15+/m0/s1. The molecule has 1 aromatic heterocycles.